The van der Waals surface area contributed by atoms with E-state index < -0.39 is 26.5 Å². The molecule has 0 aromatic heterocycles. The van der Waals surface area contributed by atoms with Crippen LogP contribution in [0, 0.1) is 0 Å². The number of rotatable bonds is 35. The number of carbonyl (C=O) groups excluding carboxylic acids is 2. The summed E-state index contributed by atoms with van der Waals surface area (Å²) >= 11 is 0. The lowest BCUT2D eigenvalue weighted by atomic mass is 10.1. The van der Waals surface area contributed by atoms with Crippen molar-refractivity contribution < 1.29 is 37.6 Å². The van der Waals surface area contributed by atoms with Gasteiger partial charge < -0.3 is 14.4 Å². The molecule has 1 N–H and O–H groups in total. The number of allylic oxidation sites excluding steroid dienone is 6. The molecule has 0 bridgehead atoms. The second-order valence-corrected chi connectivity index (χ2v) is 14.3. The molecular weight excluding hydrogens is 627 g/mol. The van der Waals surface area contributed by atoms with Crippen molar-refractivity contribution in [3.63, 3.8) is 0 Å². The average Bonchev–Trinajstić information content (AvgIpc) is 3.07. The summed E-state index contributed by atoms with van der Waals surface area (Å²) in [6.07, 6.45) is 39.0. The van der Waals surface area contributed by atoms with Crippen molar-refractivity contribution in [1.82, 2.24) is 0 Å². The van der Waals surface area contributed by atoms with Crippen LogP contribution in [0.25, 0.3) is 0 Å². The molecule has 0 radical (unpaired) electrons. The van der Waals surface area contributed by atoms with Crippen molar-refractivity contribution in [1.29, 1.82) is 0 Å². The number of phosphoric acid groups is 1. The summed E-state index contributed by atoms with van der Waals surface area (Å²) in [7, 11) is -3.21. The smallest absolute Gasteiger partial charge is 0.462 e. The Labute approximate surface area is 294 Å². The maximum Gasteiger partial charge on any atom is 0.472 e. The summed E-state index contributed by atoms with van der Waals surface area (Å²) in [5.41, 5.74) is 0. The first-order valence-electron chi connectivity index (χ1n) is 19.2. The fourth-order valence-corrected chi connectivity index (χ4v) is 5.55. The standard InChI is InChI=1S/C39H71O8P/c1-4-6-8-10-12-14-16-18-19-20-22-24-26-28-30-32-34-39(41)47-37(36-46-48(42,43)44-3)35-45-38(40)33-31-29-27-25-23-21-17-15-13-11-9-7-5-2/h14-17,19-20,37H,4-13,18,21-36H2,1-3H3,(H,42,43)/b16-14-,17-15-,20-19-. The highest BCUT2D eigenvalue weighted by Crippen LogP contribution is 2.42. The Kier molecular flexibility index (Phi) is 33.8. The molecule has 280 valence electrons. The Bertz CT molecular complexity index is 885. The summed E-state index contributed by atoms with van der Waals surface area (Å²) in [4.78, 5) is 34.3. The first-order valence-corrected chi connectivity index (χ1v) is 20.7. The second-order valence-electron chi connectivity index (χ2n) is 12.7. The summed E-state index contributed by atoms with van der Waals surface area (Å²) in [5, 5.41) is 0. The van der Waals surface area contributed by atoms with E-state index >= 15 is 0 Å². The van der Waals surface area contributed by atoms with Crippen LogP contribution in [0.4, 0.5) is 0 Å². The van der Waals surface area contributed by atoms with Crippen LogP contribution in [0.5, 0.6) is 0 Å². The van der Waals surface area contributed by atoms with Gasteiger partial charge in [0.25, 0.3) is 0 Å². The van der Waals surface area contributed by atoms with Gasteiger partial charge in [-0.25, -0.2) is 4.57 Å². The quantitative estimate of drug-likeness (QED) is 0.0301. The topological polar surface area (TPSA) is 108 Å². The molecule has 0 aliphatic heterocycles. The van der Waals surface area contributed by atoms with Crippen LogP contribution in [0.15, 0.2) is 36.5 Å². The van der Waals surface area contributed by atoms with E-state index in [1.165, 1.54) is 64.2 Å². The van der Waals surface area contributed by atoms with Gasteiger partial charge in [-0.05, 0) is 70.6 Å². The van der Waals surface area contributed by atoms with Crippen molar-refractivity contribution in [2.45, 2.75) is 180 Å². The van der Waals surface area contributed by atoms with Crippen molar-refractivity contribution >= 4 is 19.8 Å². The highest BCUT2D eigenvalue weighted by molar-refractivity contribution is 7.47. The Morgan fingerprint density at radius 1 is 0.583 bits per heavy atom. The molecule has 2 atom stereocenters. The summed E-state index contributed by atoms with van der Waals surface area (Å²) in [6.45, 7) is 3.82. The third-order valence-corrected chi connectivity index (χ3v) is 9.04. The van der Waals surface area contributed by atoms with E-state index in [0.29, 0.717) is 6.42 Å². The largest absolute Gasteiger partial charge is 0.472 e. The van der Waals surface area contributed by atoms with Crippen LogP contribution in [-0.2, 0) is 32.7 Å². The lowest BCUT2D eigenvalue weighted by Gasteiger charge is -2.19. The molecule has 0 saturated carbocycles. The zero-order chi connectivity index (χ0) is 35.4. The molecular formula is C39H71O8P. The highest BCUT2D eigenvalue weighted by Gasteiger charge is 2.24. The van der Waals surface area contributed by atoms with Crippen LogP contribution in [0.2, 0.25) is 0 Å². The van der Waals surface area contributed by atoms with Gasteiger partial charge in [0.1, 0.15) is 6.61 Å². The van der Waals surface area contributed by atoms with Crippen molar-refractivity contribution in [3.8, 4) is 0 Å². The van der Waals surface area contributed by atoms with Crippen molar-refractivity contribution in [2.24, 2.45) is 0 Å². The summed E-state index contributed by atoms with van der Waals surface area (Å²) in [6, 6.07) is 0. The van der Waals surface area contributed by atoms with Crippen LogP contribution in [0.1, 0.15) is 174 Å². The molecule has 48 heavy (non-hydrogen) atoms. The van der Waals surface area contributed by atoms with E-state index in [-0.39, 0.29) is 25.4 Å². The number of unbranched alkanes of at least 4 members (excludes halogenated alkanes) is 18. The van der Waals surface area contributed by atoms with Crippen molar-refractivity contribution in [3.05, 3.63) is 36.5 Å². The maximum atomic E-state index is 12.4. The first kappa shape index (κ1) is 46.3. The molecule has 0 rings (SSSR count). The Balaban J connectivity index is 4.10. The minimum Gasteiger partial charge on any atom is -0.462 e. The van der Waals surface area contributed by atoms with Gasteiger partial charge in [-0.2, -0.15) is 0 Å². The Morgan fingerprint density at radius 2 is 1.00 bits per heavy atom. The average molecular weight is 699 g/mol. The van der Waals surface area contributed by atoms with Gasteiger partial charge in [-0.3, -0.25) is 18.6 Å². The predicted molar refractivity (Wildman–Crippen MR) is 198 cm³/mol. The summed E-state index contributed by atoms with van der Waals surface area (Å²) in [5.74, 6) is -0.831. The Morgan fingerprint density at radius 3 is 1.48 bits per heavy atom. The predicted octanol–water partition coefficient (Wildman–Crippen LogP) is 11.7. The minimum atomic E-state index is -4.26. The molecule has 0 aliphatic rings. The number of carbonyl (C=O) groups is 2. The van der Waals surface area contributed by atoms with Crippen LogP contribution in [0.3, 0.4) is 0 Å². The molecule has 0 amide bonds. The van der Waals surface area contributed by atoms with Crippen molar-refractivity contribution in [2.75, 3.05) is 20.3 Å². The fourth-order valence-electron chi connectivity index (χ4n) is 5.09. The van der Waals surface area contributed by atoms with Gasteiger partial charge in [0, 0.05) is 20.0 Å². The number of esters is 2. The monoisotopic (exact) mass is 698 g/mol. The lowest BCUT2D eigenvalue weighted by Crippen LogP contribution is -2.29. The number of ether oxygens (including phenoxy) is 2. The molecule has 0 saturated heterocycles. The maximum absolute atomic E-state index is 12.4. The fraction of sp³-hybridized carbons (Fsp3) is 0.795. The van der Waals surface area contributed by atoms with Gasteiger partial charge in [-0.15, -0.1) is 0 Å². The van der Waals surface area contributed by atoms with Gasteiger partial charge in [0.2, 0.25) is 0 Å². The first-order chi connectivity index (χ1) is 23.3. The second kappa shape index (κ2) is 35.1. The molecule has 0 heterocycles. The van der Waals surface area contributed by atoms with E-state index in [4.69, 9.17) is 14.0 Å². The highest BCUT2D eigenvalue weighted by atomic mass is 31.2. The summed E-state index contributed by atoms with van der Waals surface area (Å²) < 4.78 is 31.8. The normalized spacial score (nSPS) is 13.8. The zero-order valence-corrected chi connectivity index (χ0v) is 31.8. The van der Waals surface area contributed by atoms with E-state index in [2.05, 4.69) is 54.8 Å². The number of hydrogen-bond donors (Lipinski definition) is 1. The van der Waals surface area contributed by atoms with Gasteiger partial charge >= 0.3 is 19.8 Å². The number of hydrogen-bond acceptors (Lipinski definition) is 7. The molecule has 2 unspecified atom stereocenters. The van der Waals surface area contributed by atoms with E-state index in [9.17, 15) is 19.0 Å². The molecule has 0 fully saturated rings. The van der Waals surface area contributed by atoms with E-state index in [1.807, 2.05) is 0 Å². The third kappa shape index (κ3) is 34.1. The van der Waals surface area contributed by atoms with Crippen LogP contribution in [-0.4, -0.2) is 43.3 Å². The SMILES string of the molecule is CCCCCC/C=C\C/C=C\CCCCCCCC(=O)OC(COC(=O)CCCCCCC/C=C\CCCCCC)COP(=O)(O)OC. The number of phosphoric ester groups is 1. The van der Waals surface area contributed by atoms with Gasteiger partial charge in [-0.1, -0.05) is 127 Å². The molecule has 0 aromatic rings. The van der Waals surface area contributed by atoms with Gasteiger partial charge in [0.05, 0.1) is 6.61 Å². The molecule has 8 nitrogen and oxygen atoms in total. The van der Waals surface area contributed by atoms with E-state index in [1.54, 1.807) is 0 Å². The molecule has 0 aromatic carbocycles. The molecule has 0 aliphatic carbocycles. The third-order valence-electron chi connectivity index (χ3n) is 8.11. The van der Waals surface area contributed by atoms with Gasteiger partial charge in [0.15, 0.2) is 6.10 Å². The molecule has 0 spiro atoms. The Hall–Kier alpha value is -1.73. The van der Waals surface area contributed by atoms with Crippen LogP contribution >= 0.6 is 7.82 Å². The minimum absolute atomic E-state index is 0.227. The van der Waals surface area contributed by atoms with Crippen LogP contribution < -0.4 is 0 Å². The van der Waals surface area contributed by atoms with E-state index in [0.717, 1.165) is 84.2 Å². The molecule has 9 heteroatoms. The zero-order valence-electron chi connectivity index (χ0n) is 30.9. The lowest BCUT2D eigenvalue weighted by molar-refractivity contribution is -0.161.